The van der Waals surface area contributed by atoms with Crippen LogP contribution in [0.3, 0.4) is 0 Å². The molecular formula is C13H16N4O3. The van der Waals surface area contributed by atoms with Crippen molar-refractivity contribution in [2.45, 2.75) is 31.7 Å². The first-order valence-electron chi connectivity index (χ1n) is 6.60. The van der Waals surface area contributed by atoms with E-state index in [1.54, 1.807) is 0 Å². The number of aromatic nitrogens is 1. The third-order valence-electron chi connectivity index (χ3n) is 3.55. The zero-order valence-corrected chi connectivity index (χ0v) is 11.0. The standard InChI is InChI=1S/C13H16N4O3/c14-9-10-5-6-15-13(12(10)17(19)20)16-7-1-3-11(16)4-2-8-18/h5-6,11,18H,1-4,7-8H2. The van der Waals surface area contributed by atoms with Gasteiger partial charge in [0.15, 0.2) is 0 Å². The summed E-state index contributed by atoms with van der Waals surface area (Å²) in [4.78, 5) is 16.7. The summed E-state index contributed by atoms with van der Waals surface area (Å²) in [7, 11) is 0. The monoisotopic (exact) mass is 276 g/mol. The summed E-state index contributed by atoms with van der Waals surface area (Å²) < 4.78 is 0. The number of aliphatic hydroxyl groups excluding tert-OH is 1. The van der Waals surface area contributed by atoms with Crippen molar-refractivity contribution in [1.29, 1.82) is 5.26 Å². The fourth-order valence-electron chi connectivity index (χ4n) is 2.66. The first-order valence-corrected chi connectivity index (χ1v) is 6.60. The topological polar surface area (TPSA) is 103 Å². The van der Waals surface area contributed by atoms with Crippen molar-refractivity contribution in [3.05, 3.63) is 27.9 Å². The third kappa shape index (κ3) is 2.70. The van der Waals surface area contributed by atoms with Crippen LogP contribution < -0.4 is 4.90 Å². The molecule has 1 aromatic rings. The highest BCUT2D eigenvalue weighted by Crippen LogP contribution is 2.34. The van der Waals surface area contributed by atoms with Gasteiger partial charge in [0, 0.05) is 25.4 Å². The van der Waals surface area contributed by atoms with Gasteiger partial charge in [-0.3, -0.25) is 10.1 Å². The maximum absolute atomic E-state index is 11.2. The molecule has 1 aliphatic rings. The third-order valence-corrected chi connectivity index (χ3v) is 3.55. The molecule has 0 aliphatic carbocycles. The molecule has 0 spiro atoms. The van der Waals surface area contributed by atoms with Gasteiger partial charge in [0.25, 0.3) is 0 Å². The molecule has 1 saturated heterocycles. The van der Waals surface area contributed by atoms with Crippen molar-refractivity contribution in [2.75, 3.05) is 18.1 Å². The van der Waals surface area contributed by atoms with E-state index >= 15 is 0 Å². The molecule has 1 aliphatic heterocycles. The lowest BCUT2D eigenvalue weighted by molar-refractivity contribution is -0.384. The predicted molar refractivity (Wildman–Crippen MR) is 72.3 cm³/mol. The molecular weight excluding hydrogens is 260 g/mol. The molecule has 7 heteroatoms. The van der Waals surface area contributed by atoms with E-state index < -0.39 is 4.92 Å². The Morgan fingerprint density at radius 3 is 3.10 bits per heavy atom. The molecule has 0 amide bonds. The second-order valence-electron chi connectivity index (χ2n) is 4.75. The highest BCUT2D eigenvalue weighted by molar-refractivity contribution is 5.66. The zero-order chi connectivity index (χ0) is 14.5. The van der Waals surface area contributed by atoms with Crippen LogP contribution in [0.15, 0.2) is 12.3 Å². The van der Waals surface area contributed by atoms with Crippen LogP contribution in [0.1, 0.15) is 31.2 Å². The number of rotatable bonds is 5. The predicted octanol–water partition coefficient (Wildman–Crippen LogP) is 1.60. The Morgan fingerprint density at radius 1 is 1.65 bits per heavy atom. The minimum Gasteiger partial charge on any atom is -0.396 e. The summed E-state index contributed by atoms with van der Waals surface area (Å²) in [5.41, 5.74) is -0.182. The summed E-state index contributed by atoms with van der Waals surface area (Å²) in [6.07, 6.45) is 4.72. The number of aliphatic hydroxyl groups is 1. The quantitative estimate of drug-likeness (QED) is 0.647. The van der Waals surface area contributed by atoms with Gasteiger partial charge in [-0.05, 0) is 31.7 Å². The molecule has 1 aromatic heterocycles. The molecule has 1 fully saturated rings. The van der Waals surface area contributed by atoms with E-state index in [9.17, 15) is 10.1 Å². The highest BCUT2D eigenvalue weighted by atomic mass is 16.6. The fourth-order valence-corrected chi connectivity index (χ4v) is 2.66. The second-order valence-corrected chi connectivity index (χ2v) is 4.75. The van der Waals surface area contributed by atoms with Crippen molar-refractivity contribution in [1.82, 2.24) is 4.98 Å². The van der Waals surface area contributed by atoms with Gasteiger partial charge in [0.1, 0.15) is 11.6 Å². The first-order chi connectivity index (χ1) is 9.69. The Labute approximate surface area is 116 Å². The van der Waals surface area contributed by atoms with E-state index in [2.05, 4.69) is 4.98 Å². The maximum Gasteiger partial charge on any atom is 0.329 e. The minimum atomic E-state index is -0.539. The molecule has 2 heterocycles. The SMILES string of the molecule is N#Cc1ccnc(N2CCCC2CCCO)c1[N+](=O)[O-]. The minimum absolute atomic E-state index is 0.0350. The second kappa shape index (κ2) is 6.30. The van der Waals surface area contributed by atoms with Crippen molar-refractivity contribution in [2.24, 2.45) is 0 Å². The van der Waals surface area contributed by atoms with Gasteiger partial charge in [-0.25, -0.2) is 4.98 Å². The van der Waals surface area contributed by atoms with Crippen LogP contribution in [0.2, 0.25) is 0 Å². The molecule has 0 aromatic carbocycles. The number of pyridine rings is 1. The van der Waals surface area contributed by atoms with Crippen molar-refractivity contribution >= 4 is 11.5 Å². The summed E-state index contributed by atoms with van der Waals surface area (Å²) in [6, 6.07) is 3.35. The summed E-state index contributed by atoms with van der Waals surface area (Å²) >= 11 is 0. The molecule has 106 valence electrons. The largest absolute Gasteiger partial charge is 0.396 e. The number of nitrogens with zero attached hydrogens (tertiary/aromatic N) is 4. The molecule has 0 bridgehead atoms. The van der Waals surface area contributed by atoms with Gasteiger partial charge in [0.05, 0.1) is 4.92 Å². The smallest absolute Gasteiger partial charge is 0.329 e. The van der Waals surface area contributed by atoms with Crippen LogP contribution in [0, 0.1) is 21.4 Å². The number of hydrogen-bond donors (Lipinski definition) is 1. The van der Waals surface area contributed by atoms with Crippen LogP contribution in [-0.4, -0.2) is 34.2 Å². The van der Waals surface area contributed by atoms with Gasteiger partial charge in [0.2, 0.25) is 5.82 Å². The first kappa shape index (κ1) is 14.2. The van der Waals surface area contributed by atoms with Gasteiger partial charge in [-0.15, -0.1) is 0 Å². The number of anilines is 1. The van der Waals surface area contributed by atoms with Crippen molar-refractivity contribution in [3.8, 4) is 6.07 Å². The van der Waals surface area contributed by atoms with Crippen LogP contribution in [0.4, 0.5) is 11.5 Å². The number of hydrogen-bond acceptors (Lipinski definition) is 6. The molecule has 20 heavy (non-hydrogen) atoms. The Kier molecular flexibility index (Phi) is 4.48. The number of nitro groups is 1. The lowest BCUT2D eigenvalue weighted by Gasteiger charge is -2.25. The van der Waals surface area contributed by atoms with Crippen molar-refractivity contribution < 1.29 is 10.0 Å². The van der Waals surface area contributed by atoms with E-state index in [1.165, 1.54) is 12.3 Å². The average Bonchev–Trinajstić information content (AvgIpc) is 2.92. The lowest BCUT2D eigenvalue weighted by atomic mass is 10.1. The van der Waals surface area contributed by atoms with Crippen LogP contribution in [0.5, 0.6) is 0 Å². The van der Waals surface area contributed by atoms with E-state index in [0.29, 0.717) is 13.0 Å². The van der Waals surface area contributed by atoms with Gasteiger partial charge in [-0.2, -0.15) is 5.26 Å². The Bertz CT molecular complexity index is 541. The summed E-state index contributed by atoms with van der Waals surface area (Å²) in [5.74, 6) is 0.273. The van der Waals surface area contributed by atoms with Gasteiger partial charge < -0.3 is 10.0 Å². The normalized spacial score (nSPS) is 18.0. The summed E-state index contributed by atoms with van der Waals surface area (Å²) in [5, 5.41) is 29.2. The lowest BCUT2D eigenvalue weighted by Crippen LogP contribution is -2.31. The zero-order valence-electron chi connectivity index (χ0n) is 11.0. The van der Waals surface area contributed by atoms with Gasteiger partial charge >= 0.3 is 5.69 Å². The van der Waals surface area contributed by atoms with Crippen LogP contribution in [-0.2, 0) is 0 Å². The molecule has 1 unspecified atom stereocenters. The molecule has 0 radical (unpaired) electrons. The van der Waals surface area contributed by atoms with Crippen LogP contribution in [0.25, 0.3) is 0 Å². The molecule has 2 rings (SSSR count). The molecule has 1 atom stereocenters. The van der Waals surface area contributed by atoms with E-state index in [-0.39, 0.29) is 29.7 Å². The molecule has 7 nitrogen and oxygen atoms in total. The van der Waals surface area contributed by atoms with Gasteiger partial charge in [-0.1, -0.05) is 0 Å². The average molecular weight is 276 g/mol. The molecule has 0 saturated carbocycles. The molecule has 1 N–H and O–H groups in total. The Morgan fingerprint density at radius 2 is 2.45 bits per heavy atom. The van der Waals surface area contributed by atoms with E-state index in [0.717, 1.165) is 19.3 Å². The number of nitriles is 1. The highest BCUT2D eigenvalue weighted by Gasteiger charge is 2.32. The Hall–Kier alpha value is -2.20. The fraction of sp³-hybridized carbons (Fsp3) is 0.538. The van der Waals surface area contributed by atoms with Crippen LogP contribution >= 0.6 is 0 Å². The maximum atomic E-state index is 11.2. The van der Waals surface area contributed by atoms with Crippen molar-refractivity contribution in [3.63, 3.8) is 0 Å². The summed E-state index contributed by atoms with van der Waals surface area (Å²) in [6.45, 7) is 0.802. The van der Waals surface area contributed by atoms with E-state index in [4.69, 9.17) is 10.4 Å². The Balaban J connectivity index is 2.36. The van der Waals surface area contributed by atoms with E-state index in [1.807, 2.05) is 11.0 Å².